The number of carbonyl (C=O) groups excluding carboxylic acids is 1. The highest BCUT2D eigenvalue weighted by Gasteiger charge is 2.08. The Morgan fingerprint density at radius 3 is 2.52 bits per heavy atom. The third-order valence-electron chi connectivity index (χ3n) is 2.91. The highest BCUT2D eigenvalue weighted by molar-refractivity contribution is 14.1. The van der Waals surface area contributed by atoms with Crippen LogP contribution in [0.1, 0.15) is 23.7 Å². The fraction of sp³-hybridized carbons (Fsp3) is 0.188. The van der Waals surface area contributed by atoms with Crippen LogP contribution in [0.4, 0.5) is 11.4 Å². The number of rotatable bonds is 5. The molecule has 0 heterocycles. The van der Waals surface area contributed by atoms with Crippen molar-refractivity contribution in [1.29, 1.82) is 0 Å². The molecule has 2 aromatic carbocycles. The molecule has 0 aliphatic heterocycles. The van der Waals surface area contributed by atoms with Gasteiger partial charge in [0.05, 0.1) is 5.69 Å². The average molecular weight is 415 g/mol. The van der Waals surface area contributed by atoms with Crippen LogP contribution in [0.3, 0.4) is 0 Å². The van der Waals surface area contributed by atoms with E-state index < -0.39 is 0 Å². The van der Waals surface area contributed by atoms with Crippen LogP contribution in [0.25, 0.3) is 0 Å². The molecule has 2 N–H and O–H groups in total. The Kier molecular flexibility index (Phi) is 5.87. The van der Waals surface area contributed by atoms with E-state index in [0.29, 0.717) is 10.6 Å². The molecule has 0 radical (unpaired) electrons. The zero-order valence-electron chi connectivity index (χ0n) is 11.6. The Bertz CT molecular complexity index is 629. The molecule has 2 rings (SSSR count). The third-order valence-corrected chi connectivity index (χ3v) is 4.03. The Labute approximate surface area is 143 Å². The maximum atomic E-state index is 12.2. The van der Waals surface area contributed by atoms with Gasteiger partial charge < -0.3 is 10.6 Å². The number of amides is 1. The number of nitrogens with one attached hydrogen (secondary N) is 2. The largest absolute Gasteiger partial charge is 0.385 e. The van der Waals surface area contributed by atoms with Gasteiger partial charge in [-0.3, -0.25) is 4.79 Å². The summed E-state index contributed by atoms with van der Waals surface area (Å²) in [5, 5.41) is 6.83. The number of anilines is 2. The van der Waals surface area contributed by atoms with Gasteiger partial charge in [0, 0.05) is 26.4 Å². The Morgan fingerprint density at radius 2 is 1.90 bits per heavy atom. The van der Waals surface area contributed by atoms with Crippen molar-refractivity contribution >= 4 is 51.5 Å². The summed E-state index contributed by atoms with van der Waals surface area (Å²) in [5.41, 5.74) is 2.41. The summed E-state index contributed by atoms with van der Waals surface area (Å²) < 4.78 is 0.912. The summed E-state index contributed by atoms with van der Waals surface area (Å²) in [4.78, 5) is 12.2. The molecule has 5 heteroatoms. The van der Waals surface area contributed by atoms with Gasteiger partial charge in [-0.05, 0) is 71.5 Å². The van der Waals surface area contributed by atoms with Crippen LogP contribution in [0.2, 0.25) is 5.02 Å². The molecule has 0 atom stereocenters. The standard InChI is InChI=1S/C16H16ClIN2O/c1-2-9-19-13-6-3-11(4-7-13)16(21)20-15-8-5-12(17)10-14(15)18/h3-8,10,19H,2,9H2,1H3,(H,20,21). The van der Waals surface area contributed by atoms with Crippen molar-refractivity contribution in [2.45, 2.75) is 13.3 Å². The van der Waals surface area contributed by atoms with Crippen molar-refractivity contribution in [1.82, 2.24) is 0 Å². The van der Waals surface area contributed by atoms with Gasteiger partial charge in [0.2, 0.25) is 0 Å². The molecule has 0 aliphatic carbocycles. The summed E-state index contributed by atoms with van der Waals surface area (Å²) in [7, 11) is 0. The quantitative estimate of drug-likeness (QED) is 0.675. The molecule has 21 heavy (non-hydrogen) atoms. The van der Waals surface area contributed by atoms with Crippen molar-refractivity contribution in [2.75, 3.05) is 17.2 Å². The number of carbonyl (C=O) groups is 1. The van der Waals surface area contributed by atoms with Gasteiger partial charge in [0.15, 0.2) is 0 Å². The summed E-state index contributed by atoms with van der Waals surface area (Å²) >= 11 is 8.06. The Hall–Kier alpha value is -1.27. The lowest BCUT2D eigenvalue weighted by atomic mass is 10.2. The van der Waals surface area contributed by atoms with Crippen molar-refractivity contribution in [2.24, 2.45) is 0 Å². The number of benzene rings is 2. The normalized spacial score (nSPS) is 10.2. The van der Waals surface area contributed by atoms with E-state index in [2.05, 4.69) is 40.1 Å². The first-order valence-corrected chi connectivity index (χ1v) is 8.16. The van der Waals surface area contributed by atoms with Crippen molar-refractivity contribution in [3.05, 3.63) is 56.6 Å². The van der Waals surface area contributed by atoms with E-state index in [1.165, 1.54) is 0 Å². The summed E-state index contributed by atoms with van der Waals surface area (Å²) in [6.45, 7) is 3.04. The van der Waals surface area contributed by atoms with Gasteiger partial charge in [-0.15, -0.1) is 0 Å². The lowest BCUT2D eigenvalue weighted by Crippen LogP contribution is -2.12. The molecule has 0 fully saturated rings. The summed E-state index contributed by atoms with van der Waals surface area (Å²) in [6.07, 6.45) is 1.07. The fourth-order valence-corrected chi connectivity index (χ4v) is 2.80. The highest BCUT2D eigenvalue weighted by Crippen LogP contribution is 2.23. The third kappa shape index (κ3) is 4.61. The number of hydrogen-bond donors (Lipinski definition) is 2. The molecule has 0 saturated carbocycles. The molecule has 110 valence electrons. The zero-order valence-corrected chi connectivity index (χ0v) is 14.5. The Balaban J connectivity index is 2.06. The van der Waals surface area contributed by atoms with Crippen LogP contribution in [0, 0.1) is 3.57 Å². The molecule has 0 unspecified atom stereocenters. The van der Waals surface area contributed by atoms with Gasteiger partial charge >= 0.3 is 0 Å². The first-order chi connectivity index (χ1) is 10.1. The van der Waals surface area contributed by atoms with E-state index in [1.807, 2.05) is 30.3 Å². The van der Waals surface area contributed by atoms with Crippen LogP contribution in [0.5, 0.6) is 0 Å². The smallest absolute Gasteiger partial charge is 0.255 e. The van der Waals surface area contributed by atoms with E-state index in [4.69, 9.17) is 11.6 Å². The van der Waals surface area contributed by atoms with Crippen molar-refractivity contribution in [3.63, 3.8) is 0 Å². The molecule has 0 spiro atoms. The topological polar surface area (TPSA) is 41.1 Å². The predicted octanol–water partition coefficient (Wildman–Crippen LogP) is 5.02. The zero-order chi connectivity index (χ0) is 15.2. The summed E-state index contributed by atoms with van der Waals surface area (Å²) in [5.74, 6) is -0.128. The molecule has 3 nitrogen and oxygen atoms in total. The van der Waals surface area contributed by atoms with Crippen LogP contribution in [-0.2, 0) is 0 Å². The number of hydrogen-bond acceptors (Lipinski definition) is 2. The van der Waals surface area contributed by atoms with Crippen molar-refractivity contribution < 1.29 is 4.79 Å². The van der Waals surface area contributed by atoms with E-state index in [1.54, 1.807) is 12.1 Å². The van der Waals surface area contributed by atoms with E-state index >= 15 is 0 Å². The second-order valence-electron chi connectivity index (χ2n) is 4.58. The SMILES string of the molecule is CCCNc1ccc(C(=O)Nc2ccc(Cl)cc2I)cc1. The summed E-state index contributed by atoms with van der Waals surface area (Å²) in [6, 6.07) is 12.8. The first-order valence-electron chi connectivity index (χ1n) is 6.70. The van der Waals surface area contributed by atoms with E-state index in [-0.39, 0.29) is 5.91 Å². The lowest BCUT2D eigenvalue weighted by molar-refractivity contribution is 0.102. The molecule has 0 aromatic heterocycles. The van der Waals surface area contributed by atoms with Gasteiger partial charge in [-0.25, -0.2) is 0 Å². The van der Waals surface area contributed by atoms with E-state index in [0.717, 1.165) is 27.9 Å². The fourth-order valence-electron chi connectivity index (χ4n) is 1.79. The second kappa shape index (κ2) is 7.66. The molecule has 0 saturated heterocycles. The van der Waals surface area contributed by atoms with Crippen molar-refractivity contribution in [3.8, 4) is 0 Å². The monoisotopic (exact) mass is 414 g/mol. The maximum absolute atomic E-state index is 12.2. The molecule has 0 bridgehead atoms. The highest BCUT2D eigenvalue weighted by atomic mass is 127. The van der Waals surface area contributed by atoms with E-state index in [9.17, 15) is 4.79 Å². The maximum Gasteiger partial charge on any atom is 0.255 e. The van der Waals surface area contributed by atoms with Crippen LogP contribution >= 0.6 is 34.2 Å². The predicted molar refractivity (Wildman–Crippen MR) is 97.3 cm³/mol. The van der Waals surface area contributed by atoms with Gasteiger partial charge in [0.25, 0.3) is 5.91 Å². The van der Waals surface area contributed by atoms with Gasteiger partial charge in [-0.1, -0.05) is 18.5 Å². The molecule has 0 aliphatic rings. The minimum Gasteiger partial charge on any atom is -0.385 e. The minimum absolute atomic E-state index is 0.128. The van der Waals surface area contributed by atoms with Gasteiger partial charge in [-0.2, -0.15) is 0 Å². The Morgan fingerprint density at radius 1 is 1.19 bits per heavy atom. The van der Waals surface area contributed by atoms with Crippen LogP contribution < -0.4 is 10.6 Å². The van der Waals surface area contributed by atoms with Crippen LogP contribution in [0.15, 0.2) is 42.5 Å². The second-order valence-corrected chi connectivity index (χ2v) is 6.18. The molecular formula is C16H16ClIN2O. The average Bonchev–Trinajstić information content (AvgIpc) is 2.48. The molecule has 1 amide bonds. The lowest BCUT2D eigenvalue weighted by Gasteiger charge is -2.09. The van der Waals surface area contributed by atoms with Gasteiger partial charge in [0.1, 0.15) is 0 Å². The van der Waals surface area contributed by atoms with Crippen LogP contribution in [-0.4, -0.2) is 12.5 Å². The molecular weight excluding hydrogens is 399 g/mol. The minimum atomic E-state index is -0.128. The first kappa shape index (κ1) is 16.1. The number of halogens is 2. The molecule has 2 aromatic rings.